The average molecular weight is 489 g/mol. The molecule has 2 aromatic rings. The smallest absolute Gasteiger partial charge is 0.302 e. The highest BCUT2D eigenvalue weighted by molar-refractivity contribution is 5.66. The predicted molar refractivity (Wildman–Crippen MR) is 125 cm³/mol. The van der Waals surface area contributed by atoms with E-state index in [0.29, 0.717) is 12.2 Å². The van der Waals surface area contributed by atoms with Gasteiger partial charge in [-0.15, -0.1) is 0 Å². The molecule has 3 rings (SSSR count). The van der Waals surface area contributed by atoms with E-state index in [-0.39, 0.29) is 0 Å². The van der Waals surface area contributed by atoms with Gasteiger partial charge in [0.05, 0.1) is 0 Å². The van der Waals surface area contributed by atoms with E-state index in [0.717, 1.165) is 31.4 Å². The van der Waals surface area contributed by atoms with Gasteiger partial charge in [-0.05, 0) is 29.2 Å². The van der Waals surface area contributed by atoms with Gasteiger partial charge in [-0.25, -0.2) is 0 Å². The van der Waals surface area contributed by atoms with E-state index in [4.69, 9.17) is 18.9 Å². The Morgan fingerprint density at radius 3 is 2.06 bits per heavy atom. The molecule has 0 saturated carbocycles. The molecule has 2 aromatic carbocycles. The number of aliphatic hydroxyl groups excluding tert-OH is 3. The van der Waals surface area contributed by atoms with Crippen LogP contribution < -0.4 is 4.74 Å². The first-order valence-corrected chi connectivity index (χ1v) is 11.5. The summed E-state index contributed by atoms with van der Waals surface area (Å²) in [6.45, 7) is 3.28. The van der Waals surface area contributed by atoms with Gasteiger partial charge >= 0.3 is 11.9 Å². The van der Waals surface area contributed by atoms with Crippen molar-refractivity contribution in [3.05, 3.63) is 65.2 Å². The van der Waals surface area contributed by atoms with Gasteiger partial charge in [0.1, 0.15) is 31.2 Å². The van der Waals surface area contributed by atoms with Crippen LogP contribution in [0.4, 0.5) is 0 Å². The van der Waals surface area contributed by atoms with Gasteiger partial charge in [-0.2, -0.15) is 0 Å². The summed E-state index contributed by atoms with van der Waals surface area (Å²) in [5.41, 5.74) is 1.21. The minimum absolute atomic E-state index is 0.401. The molecule has 0 aliphatic carbocycles. The first kappa shape index (κ1) is 26.6. The Labute approximate surface area is 204 Å². The van der Waals surface area contributed by atoms with Crippen LogP contribution in [0, 0.1) is 0 Å². The van der Waals surface area contributed by atoms with Crippen LogP contribution in [0.25, 0.3) is 0 Å². The molecule has 3 N–H and O–H groups in total. The fraction of sp³-hybridized carbons (Fsp3) is 0.462. The predicted octanol–water partition coefficient (Wildman–Crippen LogP) is 1.52. The maximum Gasteiger partial charge on any atom is 0.302 e. The second-order valence-electron chi connectivity index (χ2n) is 8.61. The van der Waals surface area contributed by atoms with Crippen LogP contribution in [-0.2, 0) is 36.6 Å². The van der Waals surface area contributed by atoms with Crippen molar-refractivity contribution < 1.29 is 43.9 Å². The van der Waals surface area contributed by atoms with Crippen LogP contribution in [0.1, 0.15) is 37.5 Å². The number of para-hydroxylation sites is 1. The number of aliphatic hydroxyl groups is 3. The van der Waals surface area contributed by atoms with Crippen molar-refractivity contribution in [3.63, 3.8) is 0 Å². The molecule has 1 aliphatic rings. The van der Waals surface area contributed by atoms with E-state index >= 15 is 0 Å². The summed E-state index contributed by atoms with van der Waals surface area (Å²) in [4.78, 5) is 22.7. The molecule has 0 radical (unpaired) electrons. The lowest BCUT2D eigenvalue weighted by Gasteiger charge is -2.47. The highest BCUT2D eigenvalue weighted by Gasteiger charge is 2.56. The van der Waals surface area contributed by atoms with E-state index < -0.39 is 55.4 Å². The van der Waals surface area contributed by atoms with E-state index in [2.05, 4.69) is 19.1 Å². The Morgan fingerprint density at radius 2 is 1.49 bits per heavy atom. The van der Waals surface area contributed by atoms with Gasteiger partial charge in [0.25, 0.3) is 0 Å². The summed E-state index contributed by atoms with van der Waals surface area (Å²) in [6.07, 6.45) is -4.96. The van der Waals surface area contributed by atoms with Gasteiger partial charge < -0.3 is 34.3 Å². The summed E-state index contributed by atoms with van der Waals surface area (Å²) in [6, 6.07) is 15.4. The summed E-state index contributed by atoms with van der Waals surface area (Å²) in [7, 11) is 0. The zero-order valence-electron chi connectivity index (χ0n) is 20.0. The number of carbonyl (C=O) groups is 2. The lowest BCUT2D eigenvalue weighted by molar-refractivity contribution is -0.329. The lowest BCUT2D eigenvalue weighted by atomic mass is 9.87. The van der Waals surface area contributed by atoms with Crippen molar-refractivity contribution in [2.24, 2.45) is 0 Å². The Hall–Kier alpha value is -2.98. The van der Waals surface area contributed by atoms with Crippen LogP contribution in [0.2, 0.25) is 0 Å². The zero-order valence-corrected chi connectivity index (χ0v) is 20.0. The fourth-order valence-electron chi connectivity index (χ4n) is 3.92. The normalized spacial score (nSPS) is 23.4. The summed E-state index contributed by atoms with van der Waals surface area (Å²) >= 11 is 0. The maximum atomic E-state index is 11.3. The molecule has 1 fully saturated rings. The van der Waals surface area contributed by atoms with Gasteiger partial charge in [0, 0.05) is 20.3 Å². The monoisotopic (exact) mass is 488 g/mol. The molecule has 0 aromatic heterocycles. The van der Waals surface area contributed by atoms with Gasteiger partial charge in [0.2, 0.25) is 0 Å². The molecule has 0 spiro atoms. The number of hydrogen-bond acceptors (Lipinski definition) is 9. The molecule has 9 nitrogen and oxygen atoms in total. The number of esters is 2. The molecule has 1 saturated heterocycles. The van der Waals surface area contributed by atoms with Gasteiger partial charge in [-0.1, -0.05) is 49.4 Å². The largest absolute Gasteiger partial charge is 0.482 e. The molecule has 0 amide bonds. The number of aryl methyl sites for hydroxylation is 1. The molecule has 190 valence electrons. The number of carbonyl (C=O) groups excluding carboxylic acids is 2. The maximum absolute atomic E-state index is 11.3. The fourth-order valence-corrected chi connectivity index (χ4v) is 3.92. The van der Waals surface area contributed by atoms with Crippen LogP contribution >= 0.6 is 0 Å². The average Bonchev–Trinajstić information content (AvgIpc) is 2.83. The van der Waals surface area contributed by atoms with Crippen molar-refractivity contribution in [1.82, 2.24) is 0 Å². The Balaban J connectivity index is 1.80. The molecule has 1 aliphatic heterocycles. The van der Waals surface area contributed by atoms with E-state index in [9.17, 15) is 24.9 Å². The van der Waals surface area contributed by atoms with Crippen molar-refractivity contribution in [2.75, 3.05) is 13.2 Å². The van der Waals surface area contributed by atoms with Crippen molar-refractivity contribution >= 4 is 11.9 Å². The van der Waals surface area contributed by atoms with Gasteiger partial charge in [0.15, 0.2) is 18.0 Å². The molecule has 0 unspecified atom stereocenters. The highest BCUT2D eigenvalue weighted by Crippen LogP contribution is 2.34. The lowest BCUT2D eigenvalue weighted by Crippen LogP contribution is -2.69. The summed E-state index contributed by atoms with van der Waals surface area (Å²) < 4.78 is 21.5. The number of benzene rings is 2. The van der Waals surface area contributed by atoms with Crippen LogP contribution in [0.5, 0.6) is 5.75 Å². The number of rotatable bonds is 9. The molecule has 4 atom stereocenters. The Morgan fingerprint density at radius 1 is 0.914 bits per heavy atom. The first-order chi connectivity index (χ1) is 16.6. The number of hydrogen-bond donors (Lipinski definition) is 3. The van der Waals surface area contributed by atoms with E-state index in [1.54, 1.807) is 12.1 Å². The third kappa shape index (κ3) is 6.58. The molecular weight excluding hydrogens is 456 g/mol. The second-order valence-corrected chi connectivity index (χ2v) is 8.61. The third-order valence-electron chi connectivity index (χ3n) is 5.94. The minimum atomic E-state index is -1.88. The van der Waals surface area contributed by atoms with Crippen molar-refractivity contribution in [3.8, 4) is 5.75 Å². The summed E-state index contributed by atoms with van der Waals surface area (Å²) in [5, 5.41) is 32.5. The van der Waals surface area contributed by atoms with Crippen LogP contribution in [0.15, 0.2) is 48.5 Å². The first-order valence-electron chi connectivity index (χ1n) is 11.5. The number of ether oxygens (including phenoxy) is 4. The summed E-state index contributed by atoms with van der Waals surface area (Å²) in [5.74, 6) is -0.948. The molecule has 9 heteroatoms. The quantitative estimate of drug-likeness (QED) is 0.450. The zero-order chi connectivity index (χ0) is 25.6. The molecule has 35 heavy (non-hydrogen) atoms. The molecular formula is C26H32O9. The van der Waals surface area contributed by atoms with Crippen LogP contribution in [-0.4, -0.2) is 70.7 Å². The molecule has 1 heterocycles. The Bertz CT molecular complexity index is 986. The van der Waals surface area contributed by atoms with Crippen molar-refractivity contribution in [1.29, 1.82) is 0 Å². The third-order valence-corrected chi connectivity index (χ3v) is 5.94. The van der Waals surface area contributed by atoms with E-state index in [1.807, 2.05) is 24.3 Å². The van der Waals surface area contributed by atoms with Crippen molar-refractivity contribution in [2.45, 2.75) is 63.8 Å². The standard InChI is InChI=1S/C26H32O9/c1-4-18-9-11-19(12-10-18)13-20-7-5-6-8-21(20)34-23-22(29)24(30)26(35-25(23)31,14-32-16(2)27)15-33-17(3)28/h5-12,22-25,29-31H,4,13-15H2,1-3H3/t22-,23-,24+,25-/m1/s1. The van der Waals surface area contributed by atoms with E-state index in [1.165, 1.54) is 5.56 Å². The molecule has 0 bridgehead atoms. The highest BCUT2D eigenvalue weighted by atomic mass is 16.7. The van der Waals surface area contributed by atoms with Crippen LogP contribution in [0.3, 0.4) is 0 Å². The minimum Gasteiger partial charge on any atom is -0.482 e. The van der Waals surface area contributed by atoms with Gasteiger partial charge in [-0.3, -0.25) is 9.59 Å². The second kappa shape index (κ2) is 11.6. The Kier molecular flexibility index (Phi) is 8.85. The topological polar surface area (TPSA) is 132 Å². The SMILES string of the molecule is CCc1ccc(Cc2ccccc2O[C@@H]2[C@@H](O)[C@H](O)C(COC(C)=O)(COC(C)=O)O[C@H]2O)cc1.